The molecule has 0 radical (unpaired) electrons. The van der Waals surface area contributed by atoms with Crippen LogP contribution >= 0.6 is 0 Å². The largest absolute Gasteiger partial charge is 0.493 e. The van der Waals surface area contributed by atoms with Crippen molar-refractivity contribution in [2.45, 2.75) is 25.5 Å². The second kappa shape index (κ2) is 11.9. The van der Waals surface area contributed by atoms with Gasteiger partial charge in [0.25, 0.3) is 5.91 Å². The first-order chi connectivity index (χ1) is 18.6. The summed E-state index contributed by atoms with van der Waals surface area (Å²) in [5.74, 6) is 1.69. The standard InChI is InChI=1S/C28H30N4O6/c33-12-3-13-36-22-7-2-6-21(15-22)20-5-1-4-19(14-20)16-29-11-10-23-17-32(28(35)38-23)25-9-8-24-27(30-25)31-26(34)18-37-24/h1-2,4-9,14-15,23,29,33H,3,10-13,16-18H2,(H,30,31,34). The molecule has 0 bridgehead atoms. The minimum atomic E-state index is -0.458. The van der Waals surface area contributed by atoms with Crippen LogP contribution in [0.3, 0.4) is 0 Å². The summed E-state index contributed by atoms with van der Waals surface area (Å²) in [4.78, 5) is 29.8. The van der Waals surface area contributed by atoms with Crippen molar-refractivity contribution in [3.63, 3.8) is 0 Å². The van der Waals surface area contributed by atoms with Gasteiger partial charge in [-0.1, -0.05) is 30.3 Å². The summed E-state index contributed by atoms with van der Waals surface area (Å²) in [7, 11) is 0. The first kappa shape index (κ1) is 25.5. The first-order valence-electron chi connectivity index (χ1n) is 12.6. The Bertz CT molecular complexity index is 1300. The van der Waals surface area contributed by atoms with E-state index in [0.29, 0.717) is 56.5 Å². The Morgan fingerprint density at radius 1 is 1.11 bits per heavy atom. The second-order valence-corrected chi connectivity index (χ2v) is 9.09. The van der Waals surface area contributed by atoms with Gasteiger partial charge in [0.15, 0.2) is 18.2 Å². The van der Waals surface area contributed by atoms with Crippen molar-refractivity contribution >= 4 is 23.6 Å². The molecule has 198 valence electrons. The zero-order valence-electron chi connectivity index (χ0n) is 20.9. The van der Waals surface area contributed by atoms with Gasteiger partial charge in [-0.15, -0.1) is 0 Å². The Morgan fingerprint density at radius 2 is 1.95 bits per heavy atom. The van der Waals surface area contributed by atoms with E-state index < -0.39 is 6.09 Å². The zero-order chi connectivity index (χ0) is 26.3. The molecule has 1 saturated heterocycles. The number of hydrogen-bond acceptors (Lipinski definition) is 8. The molecule has 3 N–H and O–H groups in total. The molecule has 10 nitrogen and oxygen atoms in total. The maximum atomic E-state index is 12.4. The van der Waals surface area contributed by atoms with Gasteiger partial charge in [-0.05, 0) is 60.0 Å². The number of nitrogens with one attached hydrogen (secondary N) is 2. The molecule has 2 amide bonds. The topological polar surface area (TPSA) is 122 Å². The number of benzene rings is 2. The van der Waals surface area contributed by atoms with E-state index in [1.54, 1.807) is 12.1 Å². The summed E-state index contributed by atoms with van der Waals surface area (Å²) >= 11 is 0. The maximum absolute atomic E-state index is 12.4. The van der Waals surface area contributed by atoms with Crippen molar-refractivity contribution in [2.24, 2.45) is 0 Å². The highest BCUT2D eigenvalue weighted by Crippen LogP contribution is 2.30. The van der Waals surface area contributed by atoms with E-state index in [0.717, 1.165) is 22.4 Å². The van der Waals surface area contributed by atoms with Crippen molar-refractivity contribution in [3.8, 4) is 22.6 Å². The van der Waals surface area contributed by atoms with Crippen LogP contribution in [0.15, 0.2) is 60.7 Å². The number of pyridine rings is 1. The summed E-state index contributed by atoms with van der Waals surface area (Å²) in [5.41, 5.74) is 3.30. The number of fused-ring (bicyclic) bond motifs is 1. The second-order valence-electron chi connectivity index (χ2n) is 9.09. The number of cyclic esters (lactones) is 1. The number of aromatic nitrogens is 1. The van der Waals surface area contributed by atoms with Gasteiger partial charge in [-0.25, -0.2) is 9.78 Å². The van der Waals surface area contributed by atoms with Crippen LogP contribution in [0.2, 0.25) is 0 Å². The molecule has 3 aromatic rings. The lowest BCUT2D eigenvalue weighted by Crippen LogP contribution is -2.29. The van der Waals surface area contributed by atoms with Gasteiger partial charge in [0.2, 0.25) is 0 Å². The Labute approximate surface area is 220 Å². The van der Waals surface area contributed by atoms with Gasteiger partial charge in [-0.3, -0.25) is 9.69 Å². The molecule has 2 aliphatic rings. The predicted molar refractivity (Wildman–Crippen MR) is 141 cm³/mol. The lowest BCUT2D eigenvalue weighted by Gasteiger charge is -2.19. The van der Waals surface area contributed by atoms with Gasteiger partial charge >= 0.3 is 6.09 Å². The summed E-state index contributed by atoms with van der Waals surface area (Å²) in [6.07, 6.45) is 0.531. The zero-order valence-corrected chi connectivity index (χ0v) is 20.9. The average Bonchev–Trinajstić information content (AvgIpc) is 3.31. The van der Waals surface area contributed by atoms with Crippen LogP contribution in [0.25, 0.3) is 11.1 Å². The highest BCUT2D eigenvalue weighted by Gasteiger charge is 2.33. The quantitative estimate of drug-likeness (QED) is 0.331. The summed E-state index contributed by atoms with van der Waals surface area (Å²) in [6, 6.07) is 19.6. The Hall–Kier alpha value is -4.15. The predicted octanol–water partition coefficient (Wildman–Crippen LogP) is 3.35. The highest BCUT2D eigenvalue weighted by atomic mass is 16.6. The average molecular weight is 519 g/mol. The fraction of sp³-hybridized carbons (Fsp3) is 0.321. The summed E-state index contributed by atoms with van der Waals surface area (Å²) < 4.78 is 16.6. The molecule has 3 heterocycles. The van der Waals surface area contributed by atoms with Crippen molar-refractivity contribution in [1.29, 1.82) is 0 Å². The van der Waals surface area contributed by atoms with Crippen LogP contribution in [-0.4, -0.2) is 61.1 Å². The number of carbonyl (C=O) groups excluding carboxylic acids is 2. The molecule has 38 heavy (non-hydrogen) atoms. The molecule has 0 aliphatic carbocycles. The van der Waals surface area contributed by atoms with E-state index in [2.05, 4.69) is 33.8 Å². The molecule has 1 aromatic heterocycles. The minimum Gasteiger partial charge on any atom is -0.493 e. The number of hydrogen-bond donors (Lipinski definition) is 3. The van der Waals surface area contributed by atoms with E-state index in [-0.39, 0.29) is 25.2 Å². The van der Waals surface area contributed by atoms with Crippen molar-refractivity contribution < 1.29 is 28.9 Å². The van der Waals surface area contributed by atoms with Gasteiger partial charge in [0.1, 0.15) is 17.7 Å². The van der Waals surface area contributed by atoms with E-state index >= 15 is 0 Å². The lowest BCUT2D eigenvalue weighted by atomic mass is 10.0. The van der Waals surface area contributed by atoms with Crippen LogP contribution in [0.5, 0.6) is 11.5 Å². The fourth-order valence-electron chi connectivity index (χ4n) is 4.34. The van der Waals surface area contributed by atoms with Crippen LogP contribution in [0.1, 0.15) is 18.4 Å². The molecule has 1 unspecified atom stereocenters. The maximum Gasteiger partial charge on any atom is 0.415 e. The summed E-state index contributed by atoms with van der Waals surface area (Å²) in [5, 5.41) is 15.0. The molecule has 1 atom stereocenters. The van der Waals surface area contributed by atoms with Gasteiger partial charge < -0.3 is 30.0 Å². The Morgan fingerprint density at radius 3 is 2.82 bits per heavy atom. The molecular weight excluding hydrogens is 488 g/mol. The first-order valence-corrected chi connectivity index (χ1v) is 12.6. The SMILES string of the molecule is O=C1COc2ccc(N3CC(CCNCc4cccc(-c5cccc(OCCCO)c5)c4)OC3=O)nc2N1. The number of amides is 2. The molecule has 1 fully saturated rings. The van der Waals surface area contributed by atoms with E-state index in [4.69, 9.17) is 19.3 Å². The number of aliphatic hydroxyl groups is 1. The highest BCUT2D eigenvalue weighted by molar-refractivity contribution is 5.95. The van der Waals surface area contributed by atoms with Gasteiger partial charge in [0, 0.05) is 19.6 Å². The third kappa shape index (κ3) is 6.21. The monoisotopic (exact) mass is 518 g/mol. The van der Waals surface area contributed by atoms with Crippen LogP contribution < -0.4 is 25.0 Å². The van der Waals surface area contributed by atoms with Crippen LogP contribution in [-0.2, 0) is 16.1 Å². The summed E-state index contributed by atoms with van der Waals surface area (Å²) in [6.45, 7) is 2.27. The number of nitrogens with zero attached hydrogens (tertiary/aromatic N) is 2. The van der Waals surface area contributed by atoms with Crippen molar-refractivity contribution in [2.75, 3.05) is 43.1 Å². The van der Waals surface area contributed by atoms with Crippen LogP contribution in [0, 0.1) is 0 Å². The van der Waals surface area contributed by atoms with E-state index in [1.807, 2.05) is 30.3 Å². The number of anilines is 2. The third-order valence-electron chi connectivity index (χ3n) is 6.25. The van der Waals surface area contributed by atoms with Crippen LogP contribution in [0.4, 0.5) is 16.4 Å². The number of aliphatic hydroxyl groups excluding tert-OH is 1. The van der Waals surface area contributed by atoms with Crippen molar-refractivity contribution in [1.82, 2.24) is 10.3 Å². The fourth-order valence-corrected chi connectivity index (χ4v) is 4.34. The van der Waals surface area contributed by atoms with E-state index in [9.17, 15) is 9.59 Å². The molecule has 0 spiro atoms. The smallest absolute Gasteiger partial charge is 0.415 e. The molecule has 2 aromatic carbocycles. The minimum absolute atomic E-state index is 0.0482. The molecule has 0 saturated carbocycles. The van der Waals surface area contributed by atoms with Crippen molar-refractivity contribution in [3.05, 3.63) is 66.2 Å². The molecule has 2 aliphatic heterocycles. The number of rotatable bonds is 11. The Balaban J connectivity index is 1.11. The van der Waals surface area contributed by atoms with Gasteiger partial charge in [0.05, 0.1) is 13.2 Å². The Kier molecular flexibility index (Phi) is 8.01. The lowest BCUT2D eigenvalue weighted by molar-refractivity contribution is -0.118. The van der Waals surface area contributed by atoms with Gasteiger partial charge in [-0.2, -0.15) is 0 Å². The molecular formula is C28H30N4O6. The normalized spacial score (nSPS) is 16.4. The molecule has 10 heteroatoms. The third-order valence-corrected chi connectivity index (χ3v) is 6.25. The molecule has 5 rings (SSSR count). The number of carbonyl (C=O) groups is 2. The number of ether oxygens (including phenoxy) is 3. The van der Waals surface area contributed by atoms with E-state index in [1.165, 1.54) is 4.90 Å².